The van der Waals surface area contributed by atoms with Gasteiger partial charge in [-0.05, 0) is 36.5 Å². The first-order valence-corrected chi connectivity index (χ1v) is 8.59. The quantitative estimate of drug-likeness (QED) is 0.250. The van der Waals surface area contributed by atoms with E-state index in [2.05, 4.69) is 10.2 Å². The van der Waals surface area contributed by atoms with Crippen LogP contribution in [0.3, 0.4) is 0 Å². The smallest absolute Gasteiger partial charge is 0.451 e. The Morgan fingerprint density at radius 3 is 2.68 bits per heavy atom. The van der Waals surface area contributed by atoms with Gasteiger partial charge in [0.1, 0.15) is 34.7 Å². The summed E-state index contributed by atoms with van der Waals surface area (Å²) in [4.78, 5) is 13.3. The molecule has 0 unspecified atom stereocenters. The number of aromatic hydroxyl groups is 1. The van der Waals surface area contributed by atoms with Gasteiger partial charge in [-0.2, -0.15) is 5.10 Å². The van der Waals surface area contributed by atoms with E-state index in [0.29, 0.717) is 18.8 Å². The first-order chi connectivity index (χ1) is 13.4. The number of carbonyl (C=O) groups is 1. The monoisotopic (exact) mass is 386 g/mol. The third-order valence-electron chi connectivity index (χ3n) is 4.38. The lowest BCUT2D eigenvalue weighted by Gasteiger charge is -2.40. The third kappa shape index (κ3) is 4.21. The van der Waals surface area contributed by atoms with Crippen LogP contribution < -0.4 is 4.74 Å². The highest BCUT2D eigenvalue weighted by molar-refractivity contribution is 6.41. The molecule has 28 heavy (non-hydrogen) atoms. The number of rotatable bonds is 7. The average molecular weight is 386 g/mol. The topological polar surface area (TPSA) is 160 Å². The Balaban J connectivity index is 1.67. The van der Waals surface area contributed by atoms with Gasteiger partial charge in [0.05, 0.1) is 13.1 Å². The van der Waals surface area contributed by atoms with Crippen molar-refractivity contribution in [1.29, 1.82) is 5.41 Å². The molecule has 5 N–H and O–H groups in total. The van der Waals surface area contributed by atoms with Crippen LogP contribution in [0.15, 0.2) is 30.5 Å². The van der Waals surface area contributed by atoms with E-state index in [9.17, 15) is 15.0 Å². The first kappa shape index (κ1) is 19.6. The maximum Gasteiger partial charge on any atom is 0.451 e. The molecule has 0 bridgehead atoms. The van der Waals surface area contributed by atoms with Crippen molar-refractivity contribution in [2.45, 2.75) is 18.8 Å². The Bertz CT molecular complexity index is 873. The molecule has 1 fully saturated rings. The Kier molecular flexibility index (Phi) is 5.76. The van der Waals surface area contributed by atoms with Gasteiger partial charge in [-0.25, -0.2) is 4.79 Å². The molecule has 1 aromatic heterocycles. The second-order valence-corrected chi connectivity index (χ2v) is 6.37. The minimum atomic E-state index is -1.55. The summed E-state index contributed by atoms with van der Waals surface area (Å²) < 4.78 is 5.71. The number of aromatic carboxylic acids is 1. The molecule has 0 atom stereocenters. The van der Waals surface area contributed by atoms with E-state index in [1.807, 2.05) is 0 Å². The van der Waals surface area contributed by atoms with Crippen LogP contribution >= 0.6 is 0 Å². The van der Waals surface area contributed by atoms with Crippen LogP contribution in [0.25, 0.3) is 0 Å². The molecule has 0 radical (unpaired) electrons. The van der Waals surface area contributed by atoms with Gasteiger partial charge in [0.25, 0.3) is 0 Å². The highest BCUT2D eigenvalue weighted by Gasteiger charge is 2.33. The summed E-state index contributed by atoms with van der Waals surface area (Å²) in [5.41, 5.74) is 0.352. The molecule has 146 valence electrons. The third-order valence-corrected chi connectivity index (χ3v) is 4.38. The number of phenols is 1. The molecule has 11 heteroatoms. The van der Waals surface area contributed by atoms with Gasteiger partial charge < -0.3 is 29.9 Å². The Hall–Kier alpha value is -3.18. The predicted octanol–water partition coefficient (Wildman–Crippen LogP) is -0.0157. The molecule has 0 amide bonds. The number of hydrogen-bond acceptors (Lipinski definition) is 8. The summed E-state index contributed by atoms with van der Waals surface area (Å²) in [6.07, 6.45) is 1.24. The molecule has 0 spiro atoms. The maximum atomic E-state index is 11.6. The Labute approximate surface area is 160 Å². The summed E-state index contributed by atoms with van der Waals surface area (Å²) in [7, 11) is -1.55. The molecule has 2 heterocycles. The number of nitrogens with one attached hydrogen (secondary N) is 1. The van der Waals surface area contributed by atoms with Crippen LogP contribution in [-0.2, 0) is 6.42 Å². The number of hydrogen-bond donors (Lipinski definition) is 5. The Morgan fingerprint density at radius 1 is 1.32 bits per heavy atom. The summed E-state index contributed by atoms with van der Waals surface area (Å²) in [5.74, 6) is -1.57. The fourth-order valence-corrected chi connectivity index (χ4v) is 2.87. The normalized spacial score (nSPS) is 13.7. The van der Waals surface area contributed by atoms with Crippen molar-refractivity contribution in [2.24, 2.45) is 0 Å². The number of amidine groups is 1. The fraction of sp³-hybridized carbons (Fsp3) is 0.294. The number of aromatic nitrogens is 2. The SMILES string of the molecule is N=C(c1cccnn1)N1CC(Oc2ccc(CCB(O)O)c(O)c2C(=O)O)C1. The molecule has 0 aliphatic carbocycles. The number of likely N-dealkylation sites (tertiary alicyclic amines) is 1. The van der Waals surface area contributed by atoms with E-state index < -0.39 is 18.8 Å². The lowest BCUT2D eigenvalue weighted by Crippen LogP contribution is -2.56. The Morgan fingerprint density at radius 2 is 2.07 bits per heavy atom. The van der Waals surface area contributed by atoms with Crippen molar-refractivity contribution < 1.29 is 29.8 Å². The zero-order chi connectivity index (χ0) is 20.3. The molecule has 3 rings (SSSR count). The van der Waals surface area contributed by atoms with Crippen LogP contribution in [0.1, 0.15) is 21.6 Å². The van der Waals surface area contributed by atoms with Crippen molar-refractivity contribution in [3.8, 4) is 11.5 Å². The highest BCUT2D eigenvalue weighted by Crippen LogP contribution is 2.34. The number of ether oxygens (including phenoxy) is 1. The van der Waals surface area contributed by atoms with E-state index >= 15 is 0 Å². The number of carboxylic acids is 1. The predicted molar refractivity (Wildman–Crippen MR) is 98.6 cm³/mol. The lowest BCUT2D eigenvalue weighted by molar-refractivity contribution is 0.0595. The fourth-order valence-electron chi connectivity index (χ4n) is 2.87. The minimum absolute atomic E-state index is 0.0222. The van der Waals surface area contributed by atoms with Crippen LogP contribution in [0.4, 0.5) is 0 Å². The molecule has 0 saturated carbocycles. The van der Waals surface area contributed by atoms with E-state index in [0.717, 1.165) is 0 Å². The number of nitrogens with zero attached hydrogens (tertiary/aromatic N) is 3. The van der Waals surface area contributed by atoms with Gasteiger partial charge in [0.2, 0.25) is 0 Å². The largest absolute Gasteiger partial charge is 0.507 e. The minimum Gasteiger partial charge on any atom is -0.507 e. The summed E-state index contributed by atoms with van der Waals surface area (Å²) >= 11 is 0. The second-order valence-electron chi connectivity index (χ2n) is 6.37. The van der Waals surface area contributed by atoms with Crippen molar-refractivity contribution in [3.63, 3.8) is 0 Å². The standard InChI is InChI=1S/C17H19BN4O6/c19-16(12-2-1-7-20-21-12)22-8-11(9-22)28-13-4-3-10(5-6-18(26)27)15(23)14(13)17(24)25/h1-4,7,11,19,23,26-27H,5-6,8-9H2,(H,24,25). The van der Waals surface area contributed by atoms with Crippen LogP contribution in [-0.4, -0.2) is 73.5 Å². The van der Waals surface area contributed by atoms with E-state index in [-0.39, 0.29) is 41.6 Å². The van der Waals surface area contributed by atoms with Crippen LogP contribution in [0.2, 0.25) is 6.32 Å². The van der Waals surface area contributed by atoms with Gasteiger partial charge in [0, 0.05) is 6.20 Å². The van der Waals surface area contributed by atoms with Gasteiger partial charge in [-0.3, -0.25) is 5.41 Å². The van der Waals surface area contributed by atoms with Gasteiger partial charge in [0.15, 0.2) is 0 Å². The number of aryl methyl sites for hydroxylation is 1. The second kappa shape index (κ2) is 8.23. The van der Waals surface area contributed by atoms with Crippen molar-refractivity contribution >= 4 is 18.9 Å². The van der Waals surface area contributed by atoms with E-state index in [1.165, 1.54) is 18.3 Å². The molecular weight excluding hydrogens is 367 g/mol. The van der Waals surface area contributed by atoms with Crippen LogP contribution in [0.5, 0.6) is 11.5 Å². The molecule has 2 aromatic rings. The van der Waals surface area contributed by atoms with Crippen molar-refractivity contribution in [2.75, 3.05) is 13.1 Å². The van der Waals surface area contributed by atoms with Gasteiger partial charge >= 0.3 is 13.1 Å². The highest BCUT2D eigenvalue weighted by atomic mass is 16.5. The van der Waals surface area contributed by atoms with Gasteiger partial charge in [-0.15, -0.1) is 5.10 Å². The maximum absolute atomic E-state index is 11.6. The summed E-state index contributed by atoms with van der Waals surface area (Å²) in [5, 5.41) is 53.3. The molecule has 1 saturated heterocycles. The number of carboxylic acid groups (broad SMARTS) is 1. The molecule has 10 nitrogen and oxygen atoms in total. The number of benzene rings is 1. The summed E-state index contributed by atoms with van der Waals surface area (Å²) in [6, 6.07) is 6.30. The van der Waals surface area contributed by atoms with E-state index in [1.54, 1.807) is 17.0 Å². The first-order valence-electron chi connectivity index (χ1n) is 8.59. The summed E-state index contributed by atoms with van der Waals surface area (Å²) in [6.45, 7) is 0.737. The zero-order valence-electron chi connectivity index (χ0n) is 14.8. The molecular formula is C17H19BN4O6. The van der Waals surface area contributed by atoms with Crippen LogP contribution in [0, 0.1) is 5.41 Å². The molecule has 1 aromatic carbocycles. The van der Waals surface area contributed by atoms with Crippen molar-refractivity contribution in [1.82, 2.24) is 15.1 Å². The molecule has 1 aliphatic heterocycles. The molecule has 1 aliphatic rings. The zero-order valence-corrected chi connectivity index (χ0v) is 14.8. The lowest BCUT2D eigenvalue weighted by atomic mass is 9.82. The van der Waals surface area contributed by atoms with E-state index in [4.69, 9.17) is 20.2 Å². The average Bonchev–Trinajstić information content (AvgIpc) is 2.63. The van der Waals surface area contributed by atoms with Crippen molar-refractivity contribution in [3.05, 3.63) is 47.3 Å². The van der Waals surface area contributed by atoms with Gasteiger partial charge in [-0.1, -0.05) is 6.07 Å².